The monoisotopic (exact) mass is 378 g/mol. The van der Waals surface area contributed by atoms with Crippen molar-refractivity contribution in [1.29, 1.82) is 0 Å². The van der Waals surface area contributed by atoms with E-state index >= 15 is 0 Å². The van der Waals surface area contributed by atoms with Crippen LogP contribution in [0.2, 0.25) is 10.0 Å². The van der Waals surface area contributed by atoms with Gasteiger partial charge in [0.1, 0.15) is 6.54 Å². The molecule has 2 rings (SSSR count). The summed E-state index contributed by atoms with van der Waals surface area (Å²) in [7, 11) is 0. The van der Waals surface area contributed by atoms with Gasteiger partial charge in [-0.15, -0.1) is 0 Å². The minimum Gasteiger partial charge on any atom is -0.324 e. The largest absolute Gasteiger partial charge is 0.324 e. The molecular weight excluding hydrogens is 359 g/mol. The molecule has 0 aliphatic carbocycles. The summed E-state index contributed by atoms with van der Waals surface area (Å²) >= 11 is 12.2. The fraction of sp³-hybridized carbons (Fsp3) is 0.263. The quantitative estimate of drug-likeness (QED) is 0.821. The Morgan fingerprint density at radius 3 is 2.20 bits per heavy atom. The predicted molar refractivity (Wildman–Crippen MR) is 104 cm³/mol. The van der Waals surface area contributed by atoms with Crippen molar-refractivity contribution in [3.63, 3.8) is 0 Å². The van der Waals surface area contributed by atoms with Gasteiger partial charge in [0.05, 0.1) is 10.7 Å². The lowest BCUT2D eigenvalue weighted by molar-refractivity contribution is -0.120. The predicted octanol–water partition coefficient (Wildman–Crippen LogP) is 4.91. The summed E-state index contributed by atoms with van der Waals surface area (Å²) in [6, 6.07) is 8.80. The first-order chi connectivity index (χ1) is 11.7. The molecule has 0 radical (unpaired) electrons. The summed E-state index contributed by atoms with van der Waals surface area (Å²) in [5, 5.41) is 3.68. The van der Waals surface area contributed by atoms with Gasteiger partial charge in [-0.05, 0) is 50.1 Å². The fourth-order valence-electron chi connectivity index (χ4n) is 2.76. The third-order valence-corrected chi connectivity index (χ3v) is 4.38. The Hall–Kier alpha value is -2.04. The molecule has 0 unspecified atom stereocenters. The van der Waals surface area contributed by atoms with E-state index in [4.69, 9.17) is 23.2 Å². The van der Waals surface area contributed by atoms with Gasteiger partial charge in [0, 0.05) is 17.6 Å². The van der Waals surface area contributed by atoms with Crippen LogP contribution in [-0.2, 0) is 9.59 Å². The molecule has 0 bridgehead atoms. The highest BCUT2D eigenvalue weighted by Gasteiger charge is 2.19. The van der Waals surface area contributed by atoms with Crippen LogP contribution >= 0.6 is 23.2 Å². The third kappa shape index (κ3) is 4.74. The zero-order valence-corrected chi connectivity index (χ0v) is 16.1. The van der Waals surface area contributed by atoms with Crippen LogP contribution in [-0.4, -0.2) is 18.4 Å². The van der Waals surface area contributed by atoms with E-state index < -0.39 is 0 Å². The van der Waals surface area contributed by atoms with Crippen molar-refractivity contribution >= 4 is 46.4 Å². The van der Waals surface area contributed by atoms with Gasteiger partial charge in [0.25, 0.3) is 0 Å². The second-order valence-corrected chi connectivity index (χ2v) is 6.87. The lowest BCUT2D eigenvalue weighted by Gasteiger charge is -2.22. The lowest BCUT2D eigenvalue weighted by atomic mass is 10.1. The molecule has 0 saturated carbocycles. The molecule has 0 aliphatic rings. The van der Waals surface area contributed by atoms with Gasteiger partial charge >= 0.3 is 0 Å². The molecule has 0 saturated heterocycles. The summed E-state index contributed by atoms with van der Waals surface area (Å²) < 4.78 is 0. The molecule has 0 spiro atoms. The first-order valence-electron chi connectivity index (χ1n) is 7.80. The topological polar surface area (TPSA) is 49.4 Å². The summed E-state index contributed by atoms with van der Waals surface area (Å²) in [6.45, 7) is 7.11. The Bertz CT molecular complexity index is 811. The fourth-order valence-corrected chi connectivity index (χ4v) is 3.14. The van der Waals surface area contributed by atoms with Crippen molar-refractivity contribution in [2.24, 2.45) is 0 Å². The number of hydrogen-bond acceptors (Lipinski definition) is 2. The van der Waals surface area contributed by atoms with Crippen molar-refractivity contribution in [1.82, 2.24) is 0 Å². The maximum atomic E-state index is 12.5. The molecule has 0 aliphatic heterocycles. The maximum absolute atomic E-state index is 12.5. The van der Waals surface area contributed by atoms with Crippen LogP contribution in [0.15, 0.2) is 30.3 Å². The molecule has 132 valence electrons. The van der Waals surface area contributed by atoms with Crippen molar-refractivity contribution < 1.29 is 9.59 Å². The van der Waals surface area contributed by atoms with Gasteiger partial charge in [0.15, 0.2) is 0 Å². The molecule has 0 heterocycles. The minimum absolute atomic E-state index is 0.151. The molecule has 0 aromatic heterocycles. The third-order valence-electron chi connectivity index (χ3n) is 3.82. The van der Waals surface area contributed by atoms with Gasteiger partial charge in [-0.25, -0.2) is 0 Å². The summed E-state index contributed by atoms with van der Waals surface area (Å²) in [6.07, 6.45) is 0. The Labute approximate surface area is 157 Å². The average molecular weight is 379 g/mol. The van der Waals surface area contributed by atoms with Crippen LogP contribution in [0.4, 0.5) is 11.4 Å². The van der Waals surface area contributed by atoms with Gasteiger partial charge in [-0.3, -0.25) is 9.59 Å². The standard InChI is InChI=1S/C19H20Cl2N2O2/c1-11-7-12(2)19(13(3)8-11)22-18(25)10-23(14(4)24)17-9-15(20)5-6-16(17)21/h5-9H,10H2,1-4H3,(H,22,25). The summed E-state index contributed by atoms with van der Waals surface area (Å²) in [5.41, 5.74) is 4.25. The number of nitrogens with one attached hydrogen (secondary N) is 1. The van der Waals surface area contributed by atoms with Crippen molar-refractivity contribution in [3.05, 3.63) is 57.1 Å². The van der Waals surface area contributed by atoms with E-state index in [9.17, 15) is 9.59 Å². The molecule has 6 heteroatoms. The first kappa shape index (κ1) is 19.3. The highest BCUT2D eigenvalue weighted by Crippen LogP contribution is 2.29. The number of carbonyl (C=O) groups excluding carboxylic acids is 2. The van der Waals surface area contributed by atoms with E-state index in [2.05, 4.69) is 5.32 Å². The second-order valence-electron chi connectivity index (χ2n) is 6.02. The molecule has 2 aromatic rings. The highest BCUT2D eigenvalue weighted by molar-refractivity contribution is 6.35. The number of halogens is 2. The van der Waals surface area contributed by atoms with Gasteiger partial charge in [-0.1, -0.05) is 40.9 Å². The Balaban J connectivity index is 2.25. The number of carbonyl (C=O) groups is 2. The minimum atomic E-state index is -0.304. The smallest absolute Gasteiger partial charge is 0.244 e. The second kappa shape index (κ2) is 7.89. The molecule has 1 N–H and O–H groups in total. The Morgan fingerprint density at radius 2 is 1.64 bits per heavy atom. The zero-order chi connectivity index (χ0) is 18.7. The maximum Gasteiger partial charge on any atom is 0.244 e. The molecule has 25 heavy (non-hydrogen) atoms. The van der Waals surface area contributed by atoms with E-state index in [1.54, 1.807) is 18.2 Å². The zero-order valence-electron chi connectivity index (χ0n) is 14.6. The van der Waals surface area contributed by atoms with Crippen LogP contribution in [0.3, 0.4) is 0 Å². The lowest BCUT2D eigenvalue weighted by Crippen LogP contribution is -2.37. The number of anilines is 2. The van der Waals surface area contributed by atoms with E-state index in [1.807, 2.05) is 32.9 Å². The average Bonchev–Trinajstić information content (AvgIpc) is 2.51. The number of hydrogen-bond donors (Lipinski definition) is 1. The normalized spacial score (nSPS) is 10.5. The molecule has 2 amide bonds. The van der Waals surface area contributed by atoms with Crippen LogP contribution in [0.1, 0.15) is 23.6 Å². The number of amides is 2. The van der Waals surface area contributed by atoms with E-state index in [1.165, 1.54) is 11.8 Å². The van der Waals surface area contributed by atoms with Gasteiger partial charge < -0.3 is 10.2 Å². The summed E-state index contributed by atoms with van der Waals surface area (Å²) in [5.74, 6) is -0.599. The van der Waals surface area contributed by atoms with Crippen LogP contribution in [0, 0.1) is 20.8 Å². The van der Waals surface area contributed by atoms with E-state index in [-0.39, 0.29) is 18.4 Å². The number of aryl methyl sites for hydroxylation is 3. The van der Waals surface area contributed by atoms with Crippen LogP contribution < -0.4 is 10.2 Å². The van der Waals surface area contributed by atoms with Crippen molar-refractivity contribution in [2.75, 3.05) is 16.8 Å². The summed E-state index contributed by atoms with van der Waals surface area (Å²) in [4.78, 5) is 25.8. The molecule has 0 atom stereocenters. The van der Waals surface area contributed by atoms with Crippen molar-refractivity contribution in [3.8, 4) is 0 Å². The first-order valence-corrected chi connectivity index (χ1v) is 8.55. The molecule has 2 aromatic carbocycles. The Kier molecular flexibility index (Phi) is 6.09. The highest BCUT2D eigenvalue weighted by atomic mass is 35.5. The molecule has 4 nitrogen and oxygen atoms in total. The number of benzene rings is 2. The van der Waals surface area contributed by atoms with E-state index in [0.29, 0.717) is 15.7 Å². The van der Waals surface area contributed by atoms with Crippen LogP contribution in [0.5, 0.6) is 0 Å². The molecular formula is C19H20Cl2N2O2. The van der Waals surface area contributed by atoms with Crippen molar-refractivity contribution in [2.45, 2.75) is 27.7 Å². The number of nitrogens with zero attached hydrogens (tertiary/aromatic N) is 1. The SMILES string of the molecule is CC(=O)N(CC(=O)Nc1c(C)cc(C)cc1C)c1cc(Cl)ccc1Cl. The van der Waals surface area contributed by atoms with Crippen LogP contribution in [0.25, 0.3) is 0 Å². The molecule has 0 fully saturated rings. The van der Waals surface area contributed by atoms with Gasteiger partial charge in [-0.2, -0.15) is 0 Å². The Morgan fingerprint density at radius 1 is 1.04 bits per heavy atom. The number of rotatable bonds is 4. The van der Waals surface area contributed by atoms with E-state index in [0.717, 1.165) is 22.4 Å². The van der Waals surface area contributed by atoms with Gasteiger partial charge in [0.2, 0.25) is 11.8 Å².